The zero-order valence-electron chi connectivity index (χ0n) is 32.3. The molecule has 11 rings (SSSR count). The molecule has 2 aromatic heterocycles. The number of nitrogens with zero attached hydrogens (tertiary/aromatic N) is 3. The van der Waals surface area contributed by atoms with Gasteiger partial charge in [-0.2, -0.15) is 0 Å². The van der Waals surface area contributed by atoms with Crippen molar-refractivity contribution in [2.75, 3.05) is 14.7 Å². The highest BCUT2D eigenvalue weighted by Crippen LogP contribution is 2.50. The Morgan fingerprint density at radius 3 is 1.35 bits per heavy atom. The van der Waals surface area contributed by atoms with Gasteiger partial charge in [0.15, 0.2) is 0 Å². The Kier molecular flexibility index (Phi) is 9.07. The molecule has 0 atom stereocenters. The van der Waals surface area contributed by atoms with Gasteiger partial charge in [-0.15, -0.1) is 22.7 Å². The number of benzene rings is 9. The summed E-state index contributed by atoms with van der Waals surface area (Å²) in [5.41, 5.74) is 9.21. The van der Waals surface area contributed by atoms with E-state index in [2.05, 4.69) is 203 Å². The standard InChI is InChI=1S/C54H36FN3S2/c55-37-25-27-42(28-26-37)58(41-21-11-4-12-22-41)49-34-45(57(40-19-9-3-10-20-40)44-29-31-47-46-23-13-14-24-50(46)59-52(47)35-44)36-53-54(49)48-33-43(30-32-51(48)60-53)56(38-15-5-1-6-16-38)39-17-7-2-8-18-39/h1-36H. The van der Waals surface area contributed by atoms with Gasteiger partial charge in [0.1, 0.15) is 5.82 Å². The van der Waals surface area contributed by atoms with E-state index in [-0.39, 0.29) is 5.82 Å². The summed E-state index contributed by atoms with van der Waals surface area (Å²) in [5.74, 6) is -0.273. The number of fused-ring (bicyclic) bond motifs is 6. The molecular formula is C54H36FN3S2. The highest BCUT2D eigenvalue weighted by Gasteiger charge is 2.24. The van der Waals surface area contributed by atoms with E-state index >= 15 is 0 Å². The number of hydrogen-bond acceptors (Lipinski definition) is 5. The van der Waals surface area contributed by atoms with Gasteiger partial charge in [0.2, 0.25) is 0 Å². The molecule has 0 fully saturated rings. The molecule has 11 aromatic rings. The Morgan fingerprint density at radius 1 is 0.283 bits per heavy atom. The van der Waals surface area contributed by atoms with Gasteiger partial charge in [0.05, 0.1) is 5.69 Å². The lowest BCUT2D eigenvalue weighted by Gasteiger charge is -2.30. The van der Waals surface area contributed by atoms with Crippen LogP contribution in [0.1, 0.15) is 0 Å². The summed E-state index contributed by atoms with van der Waals surface area (Å²) in [5, 5.41) is 4.81. The van der Waals surface area contributed by atoms with Crippen molar-refractivity contribution in [3.8, 4) is 0 Å². The van der Waals surface area contributed by atoms with Crippen molar-refractivity contribution in [3.63, 3.8) is 0 Å². The minimum absolute atomic E-state index is 0.273. The molecule has 0 bridgehead atoms. The molecule has 0 spiro atoms. The van der Waals surface area contributed by atoms with Gasteiger partial charge < -0.3 is 14.7 Å². The van der Waals surface area contributed by atoms with Gasteiger partial charge in [-0.05, 0) is 121 Å². The number of para-hydroxylation sites is 4. The monoisotopic (exact) mass is 809 g/mol. The first-order valence-corrected chi connectivity index (χ1v) is 21.6. The summed E-state index contributed by atoms with van der Waals surface area (Å²) in [6, 6.07) is 75.8. The third-order valence-electron chi connectivity index (χ3n) is 11.0. The van der Waals surface area contributed by atoms with E-state index in [0.717, 1.165) is 66.7 Å². The second kappa shape index (κ2) is 15.2. The highest BCUT2D eigenvalue weighted by molar-refractivity contribution is 7.26. The summed E-state index contributed by atoms with van der Waals surface area (Å²) >= 11 is 3.62. The summed E-state index contributed by atoms with van der Waals surface area (Å²) in [6.45, 7) is 0. The molecule has 0 saturated heterocycles. The van der Waals surface area contributed by atoms with Gasteiger partial charge in [-0.25, -0.2) is 4.39 Å². The first kappa shape index (κ1) is 35.9. The molecule has 0 aliphatic carbocycles. The Bertz CT molecular complexity index is 3240. The summed E-state index contributed by atoms with van der Waals surface area (Å²) in [4.78, 5) is 6.95. The van der Waals surface area contributed by atoms with E-state index in [1.807, 2.05) is 29.5 Å². The van der Waals surface area contributed by atoms with Crippen LogP contribution in [0.25, 0.3) is 40.3 Å². The van der Waals surface area contributed by atoms with Crippen molar-refractivity contribution >= 4 is 114 Å². The largest absolute Gasteiger partial charge is 0.310 e. The fraction of sp³-hybridized carbons (Fsp3) is 0. The Hall–Kier alpha value is -7.25. The van der Waals surface area contributed by atoms with E-state index in [1.165, 1.54) is 24.9 Å². The fourth-order valence-corrected chi connectivity index (χ4v) is 10.7. The number of rotatable bonds is 9. The summed E-state index contributed by atoms with van der Waals surface area (Å²) < 4.78 is 19.5. The van der Waals surface area contributed by atoms with E-state index in [9.17, 15) is 4.39 Å². The van der Waals surface area contributed by atoms with E-state index in [4.69, 9.17) is 0 Å². The lowest BCUT2D eigenvalue weighted by Crippen LogP contribution is -2.13. The maximum atomic E-state index is 14.7. The molecule has 60 heavy (non-hydrogen) atoms. The van der Waals surface area contributed by atoms with Crippen LogP contribution in [-0.2, 0) is 0 Å². The maximum Gasteiger partial charge on any atom is 0.123 e. The molecule has 0 unspecified atom stereocenters. The quantitative estimate of drug-likeness (QED) is 0.144. The molecule has 286 valence electrons. The Balaban J connectivity index is 1.19. The molecule has 0 saturated carbocycles. The average molecular weight is 810 g/mol. The molecule has 0 aliphatic heterocycles. The van der Waals surface area contributed by atoms with Crippen LogP contribution in [0.5, 0.6) is 0 Å². The van der Waals surface area contributed by atoms with Crippen LogP contribution in [0.4, 0.5) is 55.6 Å². The van der Waals surface area contributed by atoms with Crippen molar-refractivity contribution < 1.29 is 4.39 Å². The second-order valence-corrected chi connectivity index (χ2v) is 16.9. The van der Waals surface area contributed by atoms with Gasteiger partial charge in [-0.3, -0.25) is 0 Å². The number of halogens is 1. The molecule has 3 nitrogen and oxygen atoms in total. The molecule has 0 amide bonds. The average Bonchev–Trinajstić information content (AvgIpc) is 3.86. The minimum atomic E-state index is -0.273. The van der Waals surface area contributed by atoms with Crippen molar-refractivity contribution in [1.29, 1.82) is 0 Å². The zero-order valence-corrected chi connectivity index (χ0v) is 34.0. The fourth-order valence-electron chi connectivity index (χ4n) is 8.38. The molecule has 0 aliphatic rings. The van der Waals surface area contributed by atoms with E-state index < -0.39 is 0 Å². The van der Waals surface area contributed by atoms with Gasteiger partial charge in [-0.1, -0.05) is 97.1 Å². The number of hydrogen-bond donors (Lipinski definition) is 0. The predicted octanol–water partition coefficient (Wildman–Crippen LogP) is 17.0. The molecule has 9 aromatic carbocycles. The van der Waals surface area contributed by atoms with Gasteiger partial charge in [0.25, 0.3) is 0 Å². The Morgan fingerprint density at radius 2 is 0.717 bits per heavy atom. The third kappa shape index (κ3) is 6.43. The van der Waals surface area contributed by atoms with Crippen molar-refractivity contribution in [3.05, 3.63) is 224 Å². The third-order valence-corrected chi connectivity index (χ3v) is 13.3. The predicted molar refractivity (Wildman–Crippen MR) is 256 cm³/mol. The van der Waals surface area contributed by atoms with Gasteiger partial charge in [0, 0.05) is 85.8 Å². The van der Waals surface area contributed by atoms with Crippen LogP contribution in [0.3, 0.4) is 0 Å². The molecule has 0 radical (unpaired) electrons. The lowest BCUT2D eigenvalue weighted by molar-refractivity contribution is 0.628. The smallest absolute Gasteiger partial charge is 0.123 e. The first-order chi connectivity index (χ1) is 29.7. The van der Waals surface area contributed by atoms with Crippen LogP contribution in [0, 0.1) is 5.82 Å². The first-order valence-electron chi connectivity index (χ1n) is 19.9. The molecule has 2 heterocycles. The SMILES string of the molecule is Fc1ccc(N(c2ccccc2)c2cc(N(c3ccccc3)c3ccc4c(c3)sc3ccccc34)cc3sc4ccc(N(c5ccccc5)c5ccccc5)cc4c23)cc1. The minimum Gasteiger partial charge on any atom is -0.310 e. The maximum absolute atomic E-state index is 14.7. The highest BCUT2D eigenvalue weighted by atomic mass is 32.1. The van der Waals surface area contributed by atoms with Crippen molar-refractivity contribution in [2.24, 2.45) is 0 Å². The van der Waals surface area contributed by atoms with Crippen molar-refractivity contribution in [1.82, 2.24) is 0 Å². The van der Waals surface area contributed by atoms with E-state index in [0.29, 0.717) is 0 Å². The van der Waals surface area contributed by atoms with Gasteiger partial charge >= 0.3 is 0 Å². The lowest BCUT2D eigenvalue weighted by atomic mass is 10.0. The topological polar surface area (TPSA) is 9.72 Å². The van der Waals surface area contributed by atoms with Crippen LogP contribution < -0.4 is 14.7 Å². The molecule has 0 N–H and O–H groups in total. The van der Waals surface area contributed by atoms with Crippen LogP contribution >= 0.6 is 22.7 Å². The Labute approximate surface area is 355 Å². The summed E-state index contributed by atoms with van der Waals surface area (Å²) in [7, 11) is 0. The number of anilines is 9. The normalized spacial score (nSPS) is 11.4. The molecule has 6 heteroatoms. The summed E-state index contributed by atoms with van der Waals surface area (Å²) in [6.07, 6.45) is 0. The van der Waals surface area contributed by atoms with Crippen LogP contribution in [0.15, 0.2) is 218 Å². The van der Waals surface area contributed by atoms with Crippen molar-refractivity contribution in [2.45, 2.75) is 0 Å². The second-order valence-electron chi connectivity index (χ2n) is 14.7. The molecular weight excluding hydrogens is 774 g/mol. The number of thiophene rings is 2. The van der Waals surface area contributed by atoms with Crippen LogP contribution in [-0.4, -0.2) is 0 Å². The zero-order chi connectivity index (χ0) is 40.0. The van der Waals surface area contributed by atoms with Crippen LogP contribution in [0.2, 0.25) is 0 Å². The van der Waals surface area contributed by atoms with E-state index in [1.54, 1.807) is 23.5 Å².